The lowest BCUT2D eigenvalue weighted by Crippen LogP contribution is -2.33. The zero-order chi connectivity index (χ0) is 14.7. The van der Waals surface area contributed by atoms with E-state index in [2.05, 4.69) is 0 Å². The van der Waals surface area contributed by atoms with Crippen LogP contribution < -0.4 is 5.73 Å². The van der Waals surface area contributed by atoms with Crippen LogP contribution in [-0.4, -0.2) is 22.5 Å². The van der Waals surface area contributed by atoms with E-state index in [4.69, 9.17) is 5.73 Å². The number of benzene rings is 1. The van der Waals surface area contributed by atoms with Crippen molar-refractivity contribution in [3.63, 3.8) is 0 Å². The maximum Gasteiger partial charge on any atom is 0.266 e. The van der Waals surface area contributed by atoms with Crippen LogP contribution in [0.1, 0.15) is 35.1 Å². The van der Waals surface area contributed by atoms with E-state index in [1.54, 1.807) is 29.2 Å². The molecule has 1 atom stereocenters. The van der Waals surface area contributed by atoms with Crippen molar-refractivity contribution in [1.82, 2.24) is 4.90 Å². The number of nitrogens with zero attached hydrogens (tertiary/aromatic N) is 1. The molecule has 0 aliphatic heterocycles. The smallest absolute Gasteiger partial charge is 0.266 e. The maximum absolute atomic E-state index is 12.6. The molecule has 0 aliphatic carbocycles. The molecule has 20 heavy (non-hydrogen) atoms. The highest BCUT2D eigenvalue weighted by atomic mass is 32.1. The van der Waals surface area contributed by atoms with E-state index >= 15 is 0 Å². The number of anilines is 1. The van der Waals surface area contributed by atoms with E-state index < -0.39 is 0 Å². The van der Waals surface area contributed by atoms with Gasteiger partial charge in [0.05, 0.1) is 11.7 Å². The number of carbonyl (C=O) groups is 1. The predicted molar refractivity (Wildman–Crippen MR) is 82.0 cm³/mol. The molecule has 106 valence electrons. The van der Waals surface area contributed by atoms with Gasteiger partial charge in [-0.1, -0.05) is 12.1 Å². The van der Waals surface area contributed by atoms with Gasteiger partial charge >= 0.3 is 0 Å². The van der Waals surface area contributed by atoms with Gasteiger partial charge in [-0.05, 0) is 43.0 Å². The summed E-state index contributed by atoms with van der Waals surface area (Å²) >= 11 is 1.35. The highest BCUT2D eigenvalue weighted by Crippen LogP contribution is 2.28. The van der Waals surface area contributed by atoms with Gasteiger partial charge in [0, 0.05) is 6.54 Å². The Morgan fingerprint density at radius 3 is 2.75 bits per heavy atom. The van der Waals surface area contributed by atoms with Crippen molar-refractivity contribution in [3.8, 4) is 5.75 Å². The highest BCUT2D eigenvalue weighted by Gasteiger charge is 2.23. The van der Waals surface area contributed by atoms with Crippen LogP contribution in [0.2, 0.25) is 0 Å². The summed E-state index contributed by atoms with van der Waals surface area (Å²) in [5.41, 5.74) is 7.23. The van der Waals surface area contributed by atoms with Crippen LogP contribution in [-0.2, 0) is 0 Å². The molecule has 0 saturated carbocycles. The molecule has 1 unspecified atom stereocenters. The molecule has 1 aromatic heterocycles. The van der Waals surface area contributed by atoms with Gasteiger partial charge in [-0.2, -0.15) is 0 Å². The molecule has 2 rings (SSSR count). The fourth-order valence-corrected chi connectivity index (χ4v) is 2.95. The Bertz CT molecular complexity index is 609. The summed E-state index contributed by atoms with van der Waals surface area (Å²) in [6, 6.07) is 8.59. The van der Waals surface area contributed by atoms with Gasteiger partial charge < -0.3 is 15.7 Å². The summed E-state index contributed by atoms with van der Waals surface area (Å²) in [6.07, 6.45) is 0. The molecule has 1 amide bonds. The number of hydrogen-bond acceptors (Lipinski definition) is 4. The first-order valence-electron chi connectivity index (χ1n) is 6.47. The van der Waals surface area contributed by atoms with Crippen LogP contribution in [0.4, 0.5) is 5.69 Å². The minimum atomic E-state index is -0.124. The summed E-state index contributed by atoms with van der Waals surface area (Å²) in [5.74, 6) is 0.129. The Morgan fingerprint density at radius 1 is 1.45 bits per heavy atom. The number of nitrogens with two attached hydrogens (primary N) is 1. The highest BCUT2D eigenvalue weighted by molar-refractivity contribution is 7.12. The zero-order valence-corrected chi connectivity index (χ0v) is 12.4. The Hall–Kier alpha value is -2.01. The standard InChI is InChI=1S/C15H18N2O2S/c1-3-17(15(19)14-13(16)7-8-20-14)10(2)11-5-4-6-12(18)9-11/h4-10,18H,3,16H2,1-2H3. The lowest BCUT2D eigenvalue weighted by molar-refractivity contribution is 0.0708. The molecule has 1 aromatic carbocycles. The van der Waals surface area contributed by atoms with E-state index in [9.17, 15) is 9.90 Å². The summed E-state index contributed by atoms with van der Waals surface area (Å²) in [5, 5.41) is 11.4. The van der Waals surface area contributed by atoms with Gasteiger partial charge in [0.1, 0.15) is 10.6 Å². The fourth-order valence-electron chi connectivity index (χ4n) is 2.18. The molecule has 4 nitrogen and oxygen atoms in total. The number of phenolic OH excluding ortho intramolecular Hbond substituents is 1. The normalized spacial score (nSPS) is 12.1. The Kier molecular flexibility index (Phi) is 4.29. The second-order valence-corrected chi connectivity index (χ2v) is 5.48. The Labute approximate surface area is 122 Å². The van der Waals surface area contributed by atoms with Crippen LogP contribution in [0.5, 0.6) is 5.75 Å². The van der Waals surface area contributed by atoms with Crippen LogP contribution >= 0.6 is 11.3 Å². The van der Waals surface area contributed by atoms with Crippen molar-refractivity contribution in [2.24, 2.45) is 0 Å². The lowest BCUT2D eigenvalue weighted by atomic mass is 10.1. The third kappa shape index (κ3) is 2.77. The van der Waals surface area contributed by atoms with E-state index in [1.165, 1.54) is 11.3 Å². The van der Waals surface area contributed by atoms with E-state index in [0.717, 1.165) is 5.56 Å². The number of nitrogen functional groups attached to an aromatic ring is 1. The Morgan fingerprint density at radius 2 is 2.20 bits per heavy atom. The van der Waals surface area contributed by atoms with E-state index in [1.807, 2.05) is 25.3 Å². The first-order valence-corrected chi connectivity index (χ1v) is 7.35. The molecule has 0 saturated heterocycles. The van der Waals surface area contributed by atoms with Crippen LogP contribution in [0.15, 0.2) is 35.7 Å². The average molecular weight is 290 g/mol. The molecule has 5 heteroatoms. The first-order chi connectivity index (χ1) is 9.54. The zero-order valence-electron chi connectivity index (χ0n) is 11.5. The minimum Gasteiger partial charge on any atom is -0.508 e. The molecule has 0 fully saturated rings. The van der Waals surface area contributed by atoms with Crippen molar-refractivity contribution in [3.05, 3.63) is 46.2 Å². The van der Waals surface area contributed by atoms with Crippen LogP contribution in [0, 0.1) is 0 Å². The van der Waals surface area contributed by atoms with E-state index in [-0.39, 0.29) is 17.7 Å². The topological polar surface area (TPSA) is 66.6 Å². The van der Waals surface area contributed by atoms with Gasteiger partial charge in [0.25, 0.3) is 5.91 Å². The largest absolute Gasteiger partial charge is 0.508 e. The fraction of sp³-hybridized carbons (Fsp3) is 0.267. The summed E-state index contributed by atoms with van der Waals surface area (Å²) in [6.45, 7) is 4.45. The molecule has 1 heterocycles. The number of amides is 1. The molecule has 3 N–H and O–H groups in total. The summed E-state index contributed by atoms with van der Waals surface area (Å²) < 4.78 is 0. The number of carbonyl (C=O) groups excluding carboxylic acids is 1. The van der Waals surface area contributed by atoms with Gasteiger partial charge in [0.15, 0.2) is 0 Å². The number of hydrogen-bond donors (Lipinski definition) is 2. The SMILES string of the molecule is CCN(C(=O)c1sccc1N)C(C)c1cccc(O)c1. The van der Waals surface area contributed by atoms with Gasteiger partial charge in [0.2, 0.25) is 0 Å². The quantitative estimate of drug-likeness (QED) is 0.908. The number of thiophene rings is 1. The van der Waals surface area contributed by atoms with Crippen molar-refractivity contribution in [2.75, 3.05) is 12.3 Å². The number of phenols is 1. The average Bonchev–Trinajstić information content (AvgIpc) is 2.85. The maximum atomic E-state index is 12.6. The monoisotopic (exact) mass is 290 g/mol. The van der Waals surface area contributed by atoms with Crippen molar-refractivity contribution < 1.29 is 9.90 Å². The first kappa shape index (κ1) is 14.4. The van der Waals surface area contributed by atoms with E-state index in [0.29, 0.717) is 17.1 Å². The van der Waals surface area contributed by atoms with Crippen molar-refractivity contribution in [2.45, 2.75) is 19.9 Å². The Balaban J connectivity index is 2.28. The summed E-state index contributed by atoms with van der Waals surface area (Å²) in [4.78, 5) is 14.9. The molecule has 2 aromatic rings. The second-order valence-electron chi connectivity index (χ2n) is 4.57. The molecule has 0 spiro atoms. The van der Waals surface area contributed by atoms with Gasteiger partial charge in [-0.15, -0.1) is 11.3 Å². The lowest BCUT2D eigenvalue weighted by Gasteiger charge is -2.28. The molecular formula is C15H18N2O2S. The predicted octanol–water partition coefficient (Wildman–Crippen LogP) is 3.26. The third-order valence-corrected chi connectivity index (χ3v) is 4.23. The van der Waals surface area contributed by atoms with Gasteiger partial charge in [-0.25, -0.2) is 0 Å². The second kappa shape index (κ2) is 5.96. The number of aromatic hydroxyl groups is 1. The molecule has 0 bridgehead atoms. The van der Waals surface area contributed by atoms with Crippen LogP contribution in [0.3, 0.4) is 0 Å². The van der Waals surface area contributed by atoms with Gasteiger partial charge in [-0.3, -0.25) is 4.79 Å². The third-order valence-electron chi connectivity index (χ3n) is 3.31. The minimum absolute atomic E-state index is 0.0733. The van der Waals surface area contributed by atoms with Crippen molar-refractivity contribution >= 4 is 22.9 Å². The molecule has 0 aliphatic rings. The summed E-state index contributed by atoms with van der Waals surface area (Å²) in [7, 11) is 0. The van der Waals surface area contributed by atoms with Crippen LogP contribution in [0.25, 0.3) is 0 Å². The molecular weight excluding hydrogens is 272 g/mol. The van der Waals surface area contributed by atoms with Crippen molar-refractivity contribution in [1.29, 1.82) is 0 Å². The molecule has 0 radical (unpaired) electrons. The number of rotatable bonds is 4.